The molecular formula is C15H22Br2N2. The van der Waals surface area contributed by atoms with E-state index in [9.17, 15) is 0 Å². The molecule has 1 aromatic carbocycles. The molecule has 3 atom stereocenters. The van der Waals surface area contributed by atoms with Gasteiger partial charge in [-0.25, -0.2) is 0 Å². The lowest BCUT2D eigenvalue weighted by atomic mass is 10.0. The zero-order valence-electron chi connectivity index (χ0n) is 11.6. The molecule has 2 N–H and O–H groups in total. The summed E-state index contributed by atoms with van der Waals surface area (Å²) in [4.78, 5) is 2.62. The lowest BCUT2D eigenvalue weighted by Crippen LogP contribution is -2.41. The Morgan fingerprint density at radius 3 is 2.63 bits per heavy atom. The minimum absolute atomic E-state index is 0.326. The smallest absolute Gasteiger partial charge is 0.0476 e. The molecule has 0 radical (unpaired) electrons. The van der Waals surface area contributed by atoms with Gasteiger partial charge in [-0.05, 0) is 75.7 Å². The van der Waals surface area contributed by atoms with Crippen LogP contribution in [0, 0.1) is 0 Å². The summed E-state index contributed by atoms with van der Waals surface area (Å²) in [7, 11) is 0. The third-order valence-electron chi connectivity index (χ3n) is 4.23. The van der Waals surface area contributed by atoms with Crippen LogP contribution in [0.15, 0.2) is 27.1 Å². The molecule has 106 valence electrons. The van der Waals surface area contributed by atoms with E-state index >= 15 is 0 Å². The molecule has 0 amide bonds. The van der Waals surface area contributed by atoms with E-state index in [-0.39, 0.29) is 0 Å². The normalized spacial score (nSPS) is 25.7. The fourth-order valence-corrected chi connectivity index (χ4v) is 3.86. The fourth-order valence-electron chi connectivity index (χ4n) is 3.22. The Kier molecular flexibility index (Phi) is 5.46. The van der Waals surface area contributed by atoms with Gasteiger partial charge in [-0.3, -0.25) is 4.90 Å². The maximum absolute atomic E-state index is 6.08. The Morgan fingerprint density at radius 2 is 2.05 bits per heavy atom. The van der Waals surface area contributed by atoms with Crippen LogP contribution >= 0.6 is 31.9 Å². The maximum Gasteiger partial charge on any atom is 0.0476 e. The second-order valence-corrected chi connectivity index (χ2v) is 7.07. The topological polar surface area (TPSA) is 29.3 Å². The largest absolute Gasteiger partial charge is 0.329 e. The molecule has 4 heteroatoms. The summed E-state index contributed by atoms with van der Waals surface area (Å²) in [5.74, 6) is 0. The maximum atomic E-state index is 6.08. The van der Waals surface area contributed by atoms with Crippen LogP contribution in [0.3, 0.4) is 0 Å². The molecule has 1 heterocycles. The third kappa shape index (κ3) is 3.23. The molecule has 0 aromatic heterocycles. The summed E-state index contributed by atoms with van der Waals surface area (Å²) < 4.78 is 2.19. The van der Waals surface area contributed by atoms with Gasteiger partial charge in [0.05, 0.1) is 0 Å². The molecule has 0 bridgehead atoms. The van der Waals surface area contributed by atoms with Crippen molar-refractivity contribution >= 4 is 31.9 Å². The summed E-state index contributed by atoms with van der Waals surface area (Å²) in [5, 5.41) is 0. The van der Waals surface area contributed by atoms with Crippen LogP contribution < -0.4 is 5.73 Å². The van der Waals surface area contributed by atoms with Gasteiger partial charge >= 0.3 is 0 Å². The summed E-state index contributed by atoms with van der Waals surface area (Å²) in [6.07, 6.45) is 3.79. The Labute approximate surface area is 133 Å². The van der Waals surface area contributed by atoms with Crippen molar-refractivity contribution < 1.29 is 0 Å². The van der Waals surface area contributed by atoms with Crippen LogP contribution in [0.1, 0.15) is 44.7 Å². The van der Waals surface area contributed by atoms with E-state index in [1.165, 1.54) is 24.8 Å². The highest BCUT2D eigenvalue weighted by Crippen LogP contribution is 2.36. The summed E-state index contributed by atoms with van der Waals surface area (Å²) in [5.41, 5.74) is 7.39. The SMILES string of the molecule is CCC1CCC(C)N1C(CN)c1ccc(Br)c(Br)c1. The summed E-state index contributed by atoms with van der Waals surface area (Å²) >= 11 is 7.12. The first-order chi connectivity index (χ1) is 9.08. The second kappa shape index (κ2) is 6.70. The lowest BCUT2D eigenvalue weighted by Gasteiger charge is -2.36. The minimum atomic E-state index is 0.326. The van der Waals surface area contributed by atoms with Crippen molar-refractivity contribution in [2.45, 2.75) is 51.2 Å². The van der Waals surface area contributed by atoms with E-state index in [1.807, 2.05) is 0 Å². The number of halogens is 2. The van der Waals surface area contributed by atoms with Crippen molar-refractivity contribution in [3.8, 4) is 0 Å². The Balaban J connectivity index is 2.30. The Morgan fingerprint density at radius 1 is 1.32 bits per heavy atom. The van der Waals surface area contributed by atoms with Gasteiger partial charge in [0.1, 0.15) is 0 Å². The molecule has 3 unspecified atom stereocenters. The van der Waals surface area contributed by atoms with Crippen LogP contribution in [0.2, 0.25) is 0 Å². The zero-order chi connectivity index (χ0) is 14.0. The Hall–Kier alpha value is 0.1000. The van der Waals surface area contributed by atoms with E-state index in [4.69, 9.17) is 5.73 Å². The van der Waals surface area contributed by atoms with Crippen LogP contribution in [0.5, 0.6) is 0 Å². The van der Waals surface area contributed by atoms with Crippen LogP contribution in [-0.2, 0) is 0 Å². The van der Waals surface area contributed by atoms with E-state index < -0.39 is 0 Å². The van der Waals surface area contributed by atoms with E-state index in [0.29, 0.717) is 24.7 Å². The molecule has 0 saturated carbocycles. The number of nitrogens with two attached hydrogens (primary N) is 1. The van der Waals surface area contributed by atoms with Crippen molar-refractivity contribution in [1.82, 2.24) is 4.90 Å². The van der Waals surface area contributed by atoms with Crippen molar-refractivity contribution in [2.75, 3.05) is 6.54 Å². The highest BCUT2D eigenvalue weighted by Gasteiger charge is 2.34. The van der Waals surface area contributed by atoms with Gasteiger partial charge in [0.2, 0.25) is 0 Å². The zero-order valence-corrected chi connectivity index (χ0v) is 14.7. The number of likely N-dealkylation sites (tertiary alicyclic amines) is 1. The van der Waals surface area contributed by atoms with Gasteiger partial charge in [-0.2, -0.15) is 0 Å². The predicted molar refractivity (Wildman–Crippen MR) is 88.3 cm³/mol. The first kappa shape index (κ1) is 15.5. The van der Waals surface area contributed by atoms with Gasteiger partial charge in [0.25, 0.3) is 0 Å². The number of benzene rings is 1. The molecule has 1 aliphatic heterocycles. The van der Waals surface area contributed by atoms with Gasteiger partial charge < -0.3 is 5.73 Å². The van der Waals surface area contributed by atoms with Crippen molar-refractivity contribution in [2.24, 2.45) is 5.73 Å². The molecule has 1 aromatic rings. The van der Waals surface area contributed by atoms with E-state index in [1.54, 1.807) is 0 Å². The number of rotatable bonds is 4. The standard InChI is InChI=1S/C15H22Br2N2/c1-3-12-6-4-10(2)19(12)15(9-18)11-5-7-13(16)14(17)8-11/h5,7-8,10,12,15H,3-4,6,9,18H2,1-2H3. The van der Waals surface area contributed by atoms with Gasteiger partial charge in [0.15, 0.2) is 0 Å². The molecule has 0 aliphatic carbocycles. The minimum Gasteiger partial charge on any atom is -0.329 e. The first-order valence-corrected chi connectivity index (χ1v) is 8.59. The molecule has 19 heavy (non-hydrogen) atoms. The molecular weight excluding hydrogens is 368 g/mol. The molecule has 1 fully saturated rings. The summed E-state index contributed by atoms with van der Waals surface area (Å²) in [6.45, 7) is 5.28. The molecule has 2 rings (SSSR count). The highest BCUT2D eigenvalue weighted by atomic mass is 79.9. The first-order valence-electron chi connectivity index (χ1n) is 7.00. The monoisotopic (exact) mass is 388 g/mol. The van der Waals surface area contributed by atoms with E-state index in [2.05, 4.69) is 68.8 Å². The summed E-state index contributed by atoms with van der Waals surface area (Å²) in [6, 6.07) is 8.10. The molecule has 1 aliphatic rings. The third-order valence-corrected chi connectivity index (χ3v) is 6.11. The molecule has 2 nitrogen and oxygen atoms in total. The average Bonchev–Trinajstić information content (AvgIpc) is 2.76. The lowest BCUT2D eigenvalue weighted by molar-refractivity contribution is 0.137. The van der Waals surface area contributed by atoms with Gasteiger partial charge in [-0.15, -0.1) is 0 Å². The van der Waals surface area contributed by atoms with Crippen molar-refractivity contribution in [1.29, 1.82) is 0 Å². The van der Waals surface area contributed by atoms with Crippen LogP contribution in [0.4, 0.5) is 0 Å². The predicted octanol–water partition coefficient (Wildman–Crippen LogP) is 4.47. The number of hydrogen-bond donors (Lipinski definition) is 1. The van der Waals surface area contributed by atoms with Crippen molar-refractivity contribution in [3.63, 3.8) is 0 Å². The second-order valence-electron chi connectivity index (χ2n) is 5.36. The van der Waals surface area contributed by atoms with Gasteiger partial charge in [-0.1, -0.05) is 13.0 Å². The Bertz CT molecular complexity index is 436. The molecule has 0 spiro atoms. The van der Waals surface area contributed by atoms with Crippen LogP contribution in [0.25, 0.3) is 0 Å². The van der Waals surface area contributed by atoms with Gasteiger partial charge in [0, 0.05) is 33.6 Å². The average molecular weight is 390 g/mol. The highest BCUT2D eigenvalue weighted by molar-refractivity contribution is 9.13. The van der Waals surface area contributed by atoms with Crippen LogP contribution in [-0.4, -0.2) is 23.5 Å². The van der Waals surface area contributed by atoms with E-state index in [0.717, 1.165) is 8.95 Å². The number of hydrogen-bond acceptors (Lipinski definition) is 2. The van der Waals surface area contributed by atoms with Crippen molar-refractivity contribution in [3.05, 3.63) is 32.7 Å². The number of nitrogens with zero attached hydrogens (tertiary/aromatic N) is 1. The molecule has 1 saturated heterocycles. The quantitative estimate of drug-likeness (QED) is 0.822. The fraction of sp³-hybridized carbons (Fsp3) is 0.600.